The number of anilines is 4. The zero-order valence-electron chi connectivity index (χ0n) is 16.6. The van der Waals surface area contributed by atoms with Crippen LogP contribution in [-0.4, -0.2) is 46.1 Å². The maximum atomic E-state index is 4.79. The van der Waals surface area contributed by atoms with Crippen molar-refractivity contribution in [1.29, 1.82) is 0 Å². The van der Waals surface area contributed by atoms with Crippen LogP contribution in [0.3, 0.4) is 0 Å². The van der Waals surface area contributed by atoms with Crippen molar-refractivity contribution < 1.29 is 0 Å². The van der Waals surface area contributed by atoms with Gasteiger partial charge in [0.25, 0.3) is 0 Å². The number of rotatable bonds is 4. The fourth-order valence-corrected chi connectivity index (χ4v) is 3.46. The molecular formula is C21H25N7. The number of hydrogen-bond acceptors (Lipinski definition) is 7. The highest BCUT2D eigenvalue weighted by Crippen LogP contribution is 2.25. The topological polar surface area (TPSA) is 70.1 Å². The summed E-state index contributed by atoms with van der Waals surface area (Å²) in [5, 5.41) is 3.49. The Morgan fingerprint density at radius 1 is 0.786 bits per heavy atom. The lowest BCUT2D eigenvalue weighted by Gasteiger charge is -2.34. The van der Waals surface area contributed by atoms with Gasteiger partial charge in [-0.25, -0.2) is 15.0 Å². The molecule has 0 saturated carbocycles. The van der Waals surface area contributed by atoms with E-state index in [2.05, 4.69) is 62.1 Å². The zero-order chi connectivity index (χ0) is 19.5. The van der Waals surface area contributed by atoms with Crippen LogP contribution in [-0.2, 0) is 0 Å². The molecule has 1 saturated heterocycles. The molecule has 3 heterocycles. The molecular weight excluding hydrogens is 350 g/mol. The third kappa shape index (κ3) is 3.88. The van der Waals surface area contributed by atoms with E-state index >= 15 is 0 Å². The lowest BCUT2D eigenvalue weighted by molar-refractivity contribution is 0.627. The molecule has 4 rings (SSSR count). The van der Waals surface area contributed by atoms with E-state index in [0.717, 1.165) is 55.3 Å². The van der Waals surface area contributed by atoms with Gasteiger partial charge in [-0.2, -0.15) is 4.98 Å². The van der Waals surface area contributed by atoms with Gasteiger partial charge >= 0.3 is 0 Å². The Bertz CT molecular complexity index is 930. The molecule has 2 aromatic heterocycles. The maximum absolute atomic E-state index is 4.79. The number of aryl methyl sites for hydroxylation is 3. The molecule has 0 aliphatic carbocycles. The first-order chi connectivity index (χ1) is 13.6. The van der Waals surface area contributed by atoms with Crippen molar-refractivity contribution in [2.24, 2.45) is 0 Å². The summed E-state index contributed by atoms with van der Waals surface area (Å²) in [5.41, 5.74) is 4.47. The highest BCUT2D eigenvalue weighted by Gasteiger charge is 2.21. The van der Waals surface area contributed by atoms with Crippen LogP contribution in [0.4, 0.5) is 23.4 Å². The monoisotopic (exact) mass is 375 g/mol. The SMILES string of the molecule is Cc1cc(Nc2c(C)cccc2C)nc(N2CCN(c3ncccn3)CC2)n1. The highest BCUT2D eigenvalue weighted by atomic mass is 15.4. The predicted octanol–water partition coefficient (Wildman–Crippen LogP) is 3.26. The Morgan fingerprint density at radius 3 is 2.04 bits per heavy atom. The Morgan fingerprint density at radius 2 is 1.39 bits per heavy atom. The van der Waals surface area contributed by atoms with Crippen LogP contribution in [0.15, 0.2) is 42.7 Å². The Hall–Kier alpha value is -3.22. The molecule has 3 aromatic rings. The van der Waals surface area contributed by atoms with E-state index in [1.165, 1.54) is 11.1 Å². The lowest BCUT2D eigenvalue weighted by Crippen LogP contribution is -2.47. The van der Waals surface area contributed by atoms with Crippen molar-refractivity contribution >= 4 is 23.4 Å². The zero-order valence-corrected chi connectivity index (χ0v) is 16.6. The fourth-order valence-electron chi connectivity index (χ4n) is 3.46. The van der Waals surface area contributed by atoms with Gasteiger partial charge < -0.3 is 15.1 Å². The molecule has 1 aliphatic rings. The van der Waals surface area contributed by atoms with Gasteiger partial charge in [0.05, 0.1) is 0 Å². The van der Waals surface area contributed by atoms with Crippen molar-refractivity contribution in [3.05, 3.63) is 59.5 Å². The summed E-state index contributed by atoms with van der Waals surface area (Å²) >= 11 is 0. The molecule has 0 unspecified atom stereocenters. The number of nitrogens with one attached hydrogen (secondary N) is 1. The van der Waals surface area contributed by atoms with E-state index in [4.69, 9.17) is 4.98 Å². The van der Waals surface area contributed by atoms with Gasteiger partial charge in [-0.1, -0.05) is 18.2 Å². The van der Waals surface area contributed by atoms with Crippen molar-refractivity contribution in [2.75, 3.05) is 41.3 Å². The fraction of sp³-hybridized carbons (Fsp3) is 0.333. The summed E-state index contributed by atoms with van der Waals surface area (Å²) in [6.07, 6.45) is 3.56. The van der Waals surface area contributed by atoms with E-state index in [9.17, 15) is 0 Å². The van der Waals surface area contributed by atoms with Gasteiger partial charge in [0, 0.05) is 56.0 Å². The molecule has 144 valence electrons. The number of hydrogen-bond donors (Lipinski definition) is 1. The Kier molecular flexibility index (Phi) is 5.06. The maximum Gasteiger partial charge on any atom is 0.227 e. The van der Waals surface area contributed by atoms with Gasteiger partial charge in [0.15, 0.2) is 0 Å². The van der Waals surface area contributed by atoms with Crippen molar-refractivity contribution in [3.8, 4) is 0 Å². The predicted molar refractivity (Wildman–Crippen MR) is 112 cm³/mol. The second kappa shape index (κ2) is 7.80. The van der Waals surface area contributed by atoms with E-state index in [1.807, 2.05) is 19.1 Å². The summed E-state index contributed by atoms with van der Waals surface area (Å²) < 4.78 is 0. The smallest absolute Gasteiger partial charge is 0.227 e. The standard InChI is InChI=1S/C21H25N7/c1-15-6-4-7-16(2)19(15)25-18-14-17(3)24-21(26-18)28-12-10-27(11-13-28)20-22-8-5-9-23-20/h4-9,14H,10-13H2,1-3H3,(H,24,25,26). The summed E-state index contributed by atoms with van der Waals surface area (Å²) in [6, 6.07) is 10.1. The minimum atomic E-state index is 0.766. The molecule has 28 heavy (non-hydrogen) atoms. The van der Waals surface area contributed by atoms with Crippen LogP contribution in [0.25, 0.3) is 0 Å². The van der Waals surface area contributed by atoms with Crippen LogP contribution >= 0.6 is 0 Å². The number of nitrogens with zero attached hydrogens (tertiary/aromatic N) is 6. The molecule has 1 aliphatic heterocycles. The minimum Gasteiger partial charge on any atom is -0.340 e. The second-order valence-electron chi connectivity index (χ2n) is 7.11. The van der Waals surface area contributed by atoms with Crippen molar-refractivity contribution in [2.45, 2.75) is 20.8 Å². The van der Waals surface area contributed by atoms with E-state index < -0.39 is 0 Å². The molecule has 0 amide bonds. The van der Waals surface area contributed by atoms with Crippen LogP contribution in [0, 0.1) is 20.8 Å². The van der Waals surface area contributed by atoms with Crippen molar-refractivity contribution in [1.82, 2.24) is 19.9 Å². The molecule has 0 atom stereocenters. The quantitative estimate of drug-likeness (QED) is 0.750. The summed E-state index contributed by atoms with van der Waals surface area (Å²) in [5.74, 6) is 2.38. The highest BCUT2D eigenvalue weighted by molar-refractivity contribution is 5.65. The van der Waals surface area contributed by atoms with Gasteiger partial charge in [0.1, 0.15) is 5.82 Å². The van der Waals surface area contributed by atoms with Gasteiger partial charge in [-0.15, -0.1) is 0 Å². The molecule has 1 N–H and O–H groups in total. The number of aromatic nitrogens is 4. The first kappa shape index (κ1) is 18.2. The molecule has 0 spiro atoms. The normalized spacial score (nSPS) is 14.2. The van der Waals surface area contributed by atoms with Crippen molar-refractivity contribution in [3.63, 3.8) is 0 Å². The van der Waals surface area contributed by atoms with Gasteiger partial charge in [-0.3, -0.25) is 0 Å². The second-order valence-corrected chi connectivity index (χ2v) is 7.11. The third-order valence-electron chi connectivity index (χ3n) is 4.97. The molecule has 7 nitrogen and oxygen atoms in total. The average molecular weight is 375 g/mol. The lowest BCUT2D eigenvalue weighted by atomic mass is 10.1. The molecule has 1 fully saturated rings. The van der Waals surface area contributed by atoms with Gasteiger partial charge in [0.2, 0.25) is 11.9 Å². The van der Waals surface area contributed by atoms with Gasteiger partial charge in [-0.05, 0) is 38.0 Å². The number of piperazine rings is 1. The average Bonchev–Trinajstić information content (AvgIpc) is 2.71. The van der Waals surface area contributed by atoms with E-state index in [0.29, 0.717) is 0 Å². The van der Waals surface area contributed by atoms with Crippen LogP contribution < -0.4 is 15.1 Å². The van der Waals surface area contributed by atoms with E-state index in [-0.39, 0.29) is 0 Å². The molecule has 7 heteroatoms. The summed E-state index contributed by atoms with van der Waals surface area (Å²) in [6.45, 7) is 9.59. The summed E-state index contributed by atoms with van der Waals surface area (Å²) in [4.78, 5) is 22.6. The first-order valence-corrected chi connectivity index (χ1v) is 9.56. The van der Waals surface area contributed by atoms with Crippen LogP contribution in [0.2, 0.25) is 0 Å². The first-order valence-electron chi connectivity index (χ1n) is 9.56. The molecule has 0 bridgehead atoms. The third-order valence-corrected chi connectivity index (χ3v) is 4.97. The van der Waals surface area contributed by atoms with E-state index in [1.54, 1.807) is 12.4 Å². The van der Waals surface area contributed by atoms with Crippen LogP contribution in [0.1, 0.15) is 16.8 Å². The Balaban J connectivity index is 1.50. The largest absolute Gasteiger partial charge is 0.340 e. The molecule has 1 aromatic carbocycles. The Labute approximate surface area is 165 Å². The molecule has 0 radical (unpaired) electrons. The minimum absolute atomic E-state index is 0.766. The number of para-hydroxylation sites is 1. The van der Waals surface area contributed by atoms with Crippen LogP contribution in [0.5, 0.6) is 0 Å². The number of benzene rings is 1. The summed E-state index contributed by atoms with van der Waals surface area (Å²) in [7, 11) is 0.